The molecule has 1 aliphatic carbocycles. The highest BCUT2D eigenvalue weighted by Crippen LogP contribution is 2.29. The van der Waals surface area contributed by atoms with Gasteiger partial charge in [0.05, 0.1) is 0 Å². The van der Waals surface area contributed by atoms with Crippen molar-refractivity contribution in [1.82, 2.24) is 4.90 Å². The Morgan fingerprint density at radius 1 is 1.23 bits per heavy atom. The van der Waals surface area contributed by atoms with Gasteiger partial charge >= 0.3 is 0 Å². The van der Waals surface area contributed by atoms with Crippen LogP contribution in [0.25, 0.3) is 0 Å². The van der Waals surface area contributed by atoms with Crippen molar-refractivity contribution in [2.75, 3.05) is 7.05 Å². The normalized spacial score (nSPS) is 22.5. The summed E-state index contributed by atoms with van der Waals surface area (Å²) < 4.78 is 0. The highest BCUT2D eigenvalue weighted by atomic mass is 35.5. The predicted molar refractivity (Wildman–Crippen MR) is 94.0 cm³/mol. The summed E-state index contributed by atoms with van der Waals surface area (Å²) in [5, 5.41) is 0. The van der Waals surface area contributed by atoms with E-state index in [1.54, 1.807) is 0 Å². The maximum Gasteiger partial charge on any atom is 0.224 e. The summed E-state index contributed by atoms with van der Waals surface area (Å²) in [5.74, 6) is 1.03. The summed E-state index contributed by atoms with van der Waals surface area (Å²) in [4.78, 5) is 14.4. The van der Waals surface area contributed by atoms with Crippen molar-refractivity contribution in [2.45, 2.75) is 57.5 Å². The van der Waals surface area contributed by atoms with Gasteiger partial charge < -0.3 is 10.6 Å². The van der Waals surface area contributed by atoms with Gasteiger partial charge in [0.15, 0.2) is 0 Å². The molecule has 3 nitrogen and oxygen atoms in total. The van der Waals surface area contributed by atoms with Crippen molar-refractivity contribution >= 4 is 18.3 Å². The number of halogens is 1. The summed E-state index contributed by atoms with van der Waals surface area (Å²) in [6.07, 6.45) is 6.45. The zero-order valence-electron chi connectivity index (χ0n) is 13.7. The van der Waals surface area contributed by atoms with Gasteiger partial charge in [-0.2, -0.15) is 0 Å². The second kappa shape index (κ2) is 9.16. The molecule has 0 spiro atoms. The molecule has 4 heteroatoms. The third-order valence-electron chi connectivity index (χ3n) is 4.96. The van der Waals surface area contributed by atoms with Crippen molar-refractivity contribution in [1.29, 1.82) is 0 Å². The van der Waals surface area contributed by atoms with E-state index in [1.807, 2.05) is 42.3 Å². The molecule has 0 heterocycles. The quantitative estimate of drug-likeness (QED) is 0.892. The largest absolute Gasteiger partial charge is 0.343 e. The van der Waals surface area contributed by atoms with Gasteiger partial charge in [-0.05, 0) is 37.2 Å². The van der Waals surface area contributed by atoms with Crippen LogP contribution in [0.5, 0.6) is 0 Å². The minimum atomic E-state index is -0.201. The van der Waals surface area contributed by atoms with Gasteiger partial charge in [0.1, 0.15) is 0 Å². The number of benzene rings is 1. The van der Waals surface area contributed by atoms with Crippen LogP contribution in [0.4, 0.5) is 0 Å². The highest BCUT2D eigenvalue weighted by molar-refractivity contribution is 5.85. The van der Waals surface area contributed by atoms with E-state index in [0.29, 0.717) is 12.5 Å². The highest BCUT2D eigenvalue weighted by Gasteiger charge is 2.26. The Morgan fingerprint density at radius 2 is 1.82 bits per heavy atom. The van der Waals surface area contributed by atoms with E-state index in [9.17, 15) is 4.79 Å². The second-order valence-corrected chi connectivity index (χ2v) is 6.31. The van der Waals surface area contributed by atoms with Crippen molar-refractivity contribution in [2.24, 2.45) is 11.7 Å². The zero-order valence-corrected chi connectivity index (χ0v) is 14.5. The number of nitrogens with two attached hydrogens (primary N) is 1. The monoisotopic (exact) mass is 324 g/mol. The summed E-state index contributed by atoms with van der Waals surface area (Å²) in [6.45, 7) is 2.26. The van der Waals surface area contributed by atoms with E-state index < -0.39 is 0 Å². The molecular weight excluding hydrogens is 296 g/mol. The predicted octanol–water partition coefficient (Wildman–Crippen LogP) is 3.93. The van der Waals surface area contributed by atoms with Crippen LogP contribution in [0.2, 0.25) is 0 Å². The van der Waals surface area contributed by atoms with E-state index in [-0.39, 0.29) is 24.4 Å². The summed E-state index contributed by atoms with van der Waals surface area (Å²) in [7, 11) is 1.94. The molecule has 22 heavy (non-hydrogen) atoms. The van der Waals surface area contributed by atoms with Gasteiger partial charge in [-0.1, -0.05) is 43.7 Å². The smallest absolute Gasteiger partial charge is 0.224 e. The third-order valence-corrected chi connectivity index (χ3v) is 4.96. The van der Waals surface area contributed by atoms with E-state index in [0.717, 1.165) is 24.3 Å². The number of carbonyl (C=O) groups is 1. The number of rotatable bonds is 5. The molecule has 2 N–H and O–H groups in total. The molecule has 0 radical (unpaired) electrons. The van der Waals surface area contributed by atoms with Gasteiger partial charge in [0.2, 0.25) is 5.91 Å². The Labute approximate surface area is 140 Å². The van der Waals surface area contributed by atoms with Crippen molar-refractivity contribution in [3.8, 4) is 0 Å². The van der Waals surface area contributed by atoms with Crippen molar-refractivity contribution in [3.05, 3.63) is 35.9 Å². The van der Waals surface area contributed by atoms with Gasteiger partial charge in [-0.3, -0.25) is 4.79 Å². The molecule has 1 atom stereocenters. The first kappa shape index (κ1) is 19.0. The first-order chi connectivity index (χ1) is 10.1. The molecule has 0 saturated heterocycles. The fourth-order valence-electron chi connectivity index (χ4n) is 3.29. The molecule has 2 rings (SSSR count). The topological polar surface area (TPSA) is 46.3 Å². The van der Waals surface area contributed by atoms with Gasteiger partial charge in [0.25, 0.3) is 0 Å². The minimum Gasteiger partial charge on any atom is -0.343 e. The van der Waals surface area contributed by atoms with Gasteiger partial charge in [-0.15, -0.1) is 12.4 Å². The van der Waals surface area contributed by atoms with Crippen LogP contribution in [-0.2, 0) is 4.79 Å². The van der Waals surface area contributed by atoms with E-state index in [2.05, 4.69) is 6.92 Å². The maximum atomic E-state index is 12.4. The molecule has 0 aromatic heterocycles. The molecule has 1 fully saturated rings. The molecule has 1 aliphatic rings. The van der Waals surface area contributed by atoms with Gasteiger partial charge in [-0.25, -0.2) is 0 Å². The molecular formula is C18H29ClN2O. The molecule has 1 amide bonds. The van der Waals surface area contributed by atoms with E-state index in [4.69, 9.17) is 5.73 Å². The molecule has 1 aromatic rings. The van der Waals surface area contributed by atoms with Crippen LogP contribution in [0.15, 0.2) is 30.3 Å². The number of carbonyl (C=O) groups excluding carboxylic acids is 1. The molecule has 0 bridgehead atoms. The average molecular weight is 325 g/mol. The first-order valence-corrected chi connectivity index (χ1v) is 8.18. The maximum absolute atomic E-state index is 12.4. The van der Waals surface area contributed by atoms with Crippen LogP contribution in [0, 0.1) is 5.92 Å². The van der Waals surface area contributed by atoms with E-state index in [1.165, 1.54) is 19.3 Å². The Balaban J connectivity index is 0.00000242. The fourth-order valence-corrected chi connectivity index (χ4v) is 3.29. The van der Waals surface area contributed by atoms with Crippen molar-refractivity contribution < 1.29 is 4.79 Å². The Morgan fingerprint density at radius 3 is 2.36 bits per heavy atom. The standard InChI is InChI=1S/C18H28N2O.ClH/c1-3-14-9-11-16(12-10-14)20(2)18(21)13-17(19)15-7-5-4-6-8-15;/h4-8,14,16-17H,3,9-13,19H2,1-2H3;1H. The van der Waals surface area contributed by atoms with Crippen LogP contribution >= 0.6 is 12.4 Å². The minimum absolute atomic E-state index is 0. The molecule has 1 unspecified atom stereocenters. The zero-order chi connectivity index (χ0) is 15.2. The van der Waals surface area contributed by atoms with Crippen LogP contribution in [0.3, 0.4) is 0 Å². The summed E-state index contributed by atoms with van der Waals surface area (Å²) >= 11 is 0. The SMILES string of the molecule is CCC1CCC(N(C)C(=O)CC(N)c2ccccc2)CC1.Cl. The number of amides is 1. The molecule has 124 valence electrons. The summed E-state index contributed by atoms with van der Waals surface area (Å²) in [6, 6.07) is 10.1. The lowest BCUT2D eigenvalue weighted by Crippen LogP contribution is -2.40. The van der Waals surface area contributed by atoms with Crippen LogP contribution < -0.4 is 5.73 Å². The van der Waals surface area contributed by atoms with Gasteiger partial charge in [0, 0.05) is 25.6 Å². The molecule has 1 saturated carbocycles. The second-order valence-electron chi connectivity index (χ2n) is 6.31. The lowest BCUT2D eigenvalue weighted by Gasteiger charge is -2.35. The average Bonchev–Trinajstić information content (AvgIpc) is 2.55. The van der Waals surface area contributed by atoms with Crippen molar-refractivity contribution in [3.63, 3.8) is 0 Å². The molecule has 0 aliphatic heterocycles. The Bertz CT molecular complexity index is 444. The molecule has 1 aromatic carbocycles. The number of hydrogen-bond donors (Lipinski definition) is 1. The fraction of sp³-hybridized carbons (Fsp3) is 0.611. The third kappa shape index (κ3) is 4.99. The number of nitrogens with zero attached hydrogens (tertiary/aromatic N) is 1. The summed E-state index contributed by atoms with van der Waals surface area (Å²) in [5.41, 5.74) is 7.20. The van der Waals surface area contributed by atoms with E-state index >= 15 is 0 Å². The lowest BCUT2D eigenvalue weighted by molar-refractivity contribution is -0.133. The van der Waals surface area contributed by atoms with Crippen LogP contribution in [0.1, 0.15) is 57.1 Å². The first-order valence-electron chi connectivity index (χ1n) is 8.18. The Kier molecular flexibility index (Phi) is 7.91. The lowest BCUT2D eigenvalue weighted by atomic mass is 9.84. The Hall–Kier alpha value is -1.06. The number of hydrogen-bond acceptors (Lipinski definition) is 2. The van der Waals surface area contributed by atoms with Crippen LogP contribution in [-0.4, -0.2) is 23.9 Å².